The van der Waals surface area contributed by atoms with Gasteiger partial charge in [-0.3, -0.25) is 0 Å². The summed E-state index contributed by atoms with van der Waals surface area (Å²) in [4.78, 5) is 16.3. The summed E-state index contributed by atoms with van der Waals surface area (Å²) in [5.41, 5.74) is 0. The fourth-order valence-electron chi connectivity index (χ4n) is 2.92. The molecule has 17 heavy (non-hydrogen) atoms. The molecule has 1 saturated carbocycles. The van der Waals surface area contributed by atoms with Crippen molar-refractivity contribution in [3.63, 3.8) is 0 Å². The standard InChI is InChI=1S/C13H25N3O/c1-15(2)12-7-9-16(10-8-12)13(17)14-11-5-3-4-6-11/h11-12H,3-10H2,1-2H3,(H,14,17). The Morgan fingerprint density at radius 2 is 1.71 bits per heavy atom. The zero-order valence-corrected chi connectivity index (χ0v) is 11.1. The van der Waals surface area contributed by atoms with Gasteiger partial charge in [0.05, 0.1) is 0 Å². The van der Waals surface area contributed by atoms with E-state index in [1.807, 2.05) is 4.90 Å². The number of urea groups is 1. The summed E-state index contributed by atoms with van der Waals surface area (Å²) in [5, 5.41) is 3.17. The van der Waals surface area contributed by atoms with Crippen molar-refractivity contribution < 1.29 is 4.79 Å². The first-order chi connectivity index (χ1) is 8.16. The highest BCUT2D eigenvalue weighted by Crippen LogP contribution is 2.19. The van der Waals surface area contributed by atoms with Crippen LogP contribution in [0.4, 0.5) is 4.79 Å². The van der Waals surface area contributed by atoms with Crippen LogP contribution in [-0.2, 0) is 0 Å². The third-order valence-electron chi connectivity index (χ3n) is 4.16. The Morgan fingerprint density at radius 1 is 1.12 bits per heavy atom. The van der Waals surface area contributed by atoms with Crippen molar-refractivity contribution >= 4 is 6.03 Å². The van der Waals surface area contributed by atoms with Gasteiger partial charge in [0, 0.05) is 25.2 Å². The molecule has 0 radical (unpaired) electrons. The number of carbonyl (C=O) groups excluding carboxylic acids is 1. The molecule has 1 aliphatic heterocycles. The molecule has 1 saturated heterocycles. The van der Waals surface area contributed by atoms with Gasteiger partial charge in [0.1, 0.15) is 0 Å². The van der Waals surface area contributed by atoms with Crippen molar-refractivity contribution in [2.75, 3.05) is 27.2 Å². The van der Waals surface area contributed by atoms with Gasteiger partial charge in [-0.15, -0.1) is 0 Å². The van der Waals surface area contributed by atoms with Gasteiger partial charge in [0.25, 0.3) is 0 Å². The molecule has 0 unspecified atom stereocenters. The van der Waals surface area contributed by atoms with Gasteiger partial charge in [-0.05, 0) is 39.8 Å². The highest BCUT2D eigenvalue weighted by Gasteiger charge is 2.25. The first-order valence-corrected chi connectivity index (χ1v) is 6.88. The maximum Gasteiger partial charge on any atom is 0.317 e. The molecule has 0 aromatic carbocycles. The fourth-order valence-corrected chi connectivity index (χ4v) is 2.92. The van der Waals surface area contributed by atoms with Gasteiger partial charge >= 0.3 is 6.03 Å². The maximum absolute atomic E-state index is 12.0. The van der Waals surface area contributed by atoms with Crippen LogP contribution in [0.15, 0.2) is 0 Å². The Labute approximate surface area is 104 Å². The lowest BCUT2D eigenvalue weighted by Gasteiger charge is -2.35. The molecule has 2 amide bonds. The van der Waals surface area contributed by atoms with Gasteiger partial charge in [-0.25, -0.2) is 4.79 Å². The maximum atomic E-state index is 12.0. The van der Waals surface area contributed by atoms with Gasteiger partial charge in [-0.1, -0.05) is 12.8 Å². The summed E-state index contributed by atoms with van der Waals surface area (Å²) >= 11 is 0. The second-order valence-corrected chi connectivity index (χ2v) is 5.61. The quantitative estimate of drug-likeness (QED) is 0.795. The highest BCUT2D eigenvalue weighted by atomic mass is 16.2. The van der Waals surface area contributed by atoms with Crippen LogP contribution >= 0.6 is 0 Å². The van der Waals surface area contributed by atoms with Crippen molar-refractivity contribution in [1.29, 1.82) is 0 Å². The molecule has 0 spiro atoms. The zero-order valence-electron chi connectivity index (χ0n) is 11.1. The minimum Gasteiger partial charge on any atom is -0.335 e. The number of carbonyl (C=O) groups is 1. The molecule has 2 aliphatic rings. The Balaban J connectivity index is 1.74. The molecular weight excluding hydrogens is 214 g/mol. The highest BCUT2D eigenvalue weighted by molar-refractivity contribution is 5.74. The monoisotopic (exact) mass is 239 g/mol. The largest absolute Gasteiger partial charge is 0.335 e. The Morgan fingerprint density at radius 3 is 2.24 bits per heavy atom. The van der Waals surface area contributed by atoms with Crippen LogP contribution in [0, 0.1) is 0 Å². The number of hydrogen-bond donors (Lipinski definition) is 1. The third-order valence-corrected chi connectivity index (χ3v) is 4.16. The van der Waals surface area contributed by atoms with Crippen molar-refractivity contribution in [3.8, 4) is 0 Å². The predicted molar refractivity (Wildman–Crippen MR) is 69.1 cm³/mol. The number of likely N-dealkylation sites (tertiary alicyclic amines) is 1. The van der Waals surface area contributed by atoms with Crippen LogP contribution in [-0.4, -0.2) is 55.1 Å². The van der Waals surface area contributed by atoms with Crippen LogP contribution in [0.25, 0.3) is 0 Å². The van der Waals surface area contributed by atoms with E-state index in [1.54, 1.807) is 0 Å². The molecule has 2 fully saturated rings. The number of nitrogens with zero attached hydrogens (tertiary/aromatic N) is 2. The minimum atomic E-state index is 0.161. The molecule has 1 N–H and O–H groups in total. The van der Waals surface area contributed by atoms with E-state index in [0.717, 1.165) is 25.9 Å². The lowest BCUT2D eigenvalue weighted by Crippen LogP contribution is -2.50. The van der Waals surface area contributed by atoms with Crippen LogP contribution in [0.1, 0.15) is 38.5 Å². The lowest BCUT2D eigenvalue weighted by atomic mass is 10.0. The van der Waals surface area contributed by atoms with Crippen molar-refractivity contribution in [2.24, 2.45) is 0 Å². The predicted octanol–water partition coefficient (Wildman–Crippen LogP) is 1.66. The van der Waals surface area contributed by atoms with Crippen LogP contribution in [0.3, 0.4) is 0 Å². The van der Waals surface area contributed by atoms with Gasteiger partial charge < -0.3 is 15.1 Å². The van der Waals surface area contributed by atoms with E-state index in [2.05, 4.69) is 24.3 Å². The summed E-state index contributed by atoms with van der Waals surface area (Å²) < 4.78 is 0. The molecule has 1 aliphatic carbocycles. The minimum absolute atomic E-state index is 0.161. The van der Waals surface area contributed by atoms with Crippen LogP contribution < -0.4 is 5.32 Å². The smallest absolute Gasteiger partial charge is 0.317 e. The van der Waals surface area contributed by atoms with E-state index in [0.29, 0.717) is 12.1 Å². The summed E-state index contributed by atoms with van der Waals surface area (Å²) in [6.07, 6.45) is 7.08. The average Bonchev–Trinajstić information content (AvgIpc) is 2.82. The number of rotatable bonds is 2. The van der Waals surface area contributed by atoms with Gasteiger partial charge in [0.2, 0.25) is 0 Å². The summed E-state index contributed by atoms with van der Waals surface area (Å²) in [6, 6.07) is 1.24. The zero-order chi connectivity index (χ0) is 12.3. The topological polar surface area (TPSA) is 35.6 Å². The van der Waals surface area contributed by atoms with E-state index in [9.17, 15) is 4.79 Å². The van der Waals surface area contributed by atoms with Crippen LogP contribution in [0.5, 0.6) is 0 Å². The average molecular weight is 239 g/mol. The third kappa shape index (κ3) is 3.35. The molecule has 98 valence electrons. The SMILES string of the molecule is CN(C)C1CCN(C(=O)NC2CCCC2)CC1. The molecule has 4 heteroatoms. The van der Waals surface area contributed by atoms with Crippen LogP contribution in [0.2, 0.25) is 0 Å². The van der Waals surface area contributed by atoms with E-state index < -0.39 is 0 Å². The normalized spacial score (nSPS) is 23.4. The van der Waals surface area contributed by atoms with Crippen molar-refractivity contribution in [2.45, 2.75) is 50.6 Å². The van der Waals surface area contributed by atoms with Gasteiger partial charge in [-0.2, -0.15) is 0 Å². The van der Waals surface area contributed by atoms with E-state index in [-0.39, 0.29) is 6.03 Å². The van der Waals surface area contributed by atoms with Crippen molar-refractivity contribution in [1.82, 2.24) is 15.1 Å². The molecule has 0 atom stereocenters. The lowest BCUT2D eigenvalue weighted by molar-refractivity contribution is 0.146. The Hall–Kier alpha value is -0.770. The van der Waals surface area contributed by atoms with E-state index in [4.69, 9.17) is 0 Å². The number of hydrogen-bond acceptors (Lipinski definition) is 2. The summed E-state index contributed by atoms with van der Waals surface area (Å²) in [5.74, 6) is 0. The molecule has 2 rings (SSSR count). The fraction of sp³-hybridized carbons (Fsp3) is 0.923. The summed E-state index contributed by atoms with van der Waals surface area (Å²) in [6.45, 7) is 1.81. The van der Waals surface area contributed by atoms with E-state index >= 15 is 0 Å². The molecular formula is C13H25N3O. The molecule has 0 aromatic heterocycles. The number of piperidine rings is 1. The van der Waals surface area contributed by atoms with E-state index in [1.165, 1.54) is 25.7 Å². The molecule has 4 nitrogen and oxygen atoms in total. The Kier molecular flexibility index (Phi) is 4.26. The molecule has 0 bridgehead atoms. The second-order valence-electron chi connectivity index (χ2n) is 5.61. The molecule has 1 heterocycles. The van der Waals surface area contributed by atoms with Crippen molar-refractivity contribution in [3.05, 3.63) is 0 Å². The summed E-state index contributed by atoms with van der Waals surface area (Å²) in [7, 11) is 4.25. The van der Waals surface area contributed by atoms with Gasteiger partial charge in [0.15, 0.2) is 0 Å². The first-order valence-electron chi connectivity index (χ1n) is 6.88. The number of nitrogens with one attached hydrogen (secondary N) is 1. The number of amides is 2. The first kappa shape index (κ1) is 12.7. The molecule has 0 aromatic rings. The second kappa shape index (κ2) is 5.71. The Bertz CT molecular complexity index is 253.